The number of halogens is 6. The molecule has 1 heterocycles. The normalized spacial score (nSPS) is 16.0. The van der Waals surface area contributed by atoms with E-state index in [2.05, 4.69) is 4.72 Å². The molecule has 1 saturated heterocycles. The monoisotopic (exact) mass is 480 g/mol. The van der Waals surface area contributed by atoms with Crippen molar-refractivity contribution in [2.75, 3.05) is 22.7 Å². The number of hydrogen-bond acceptors (Lipinski definition) is 3. The topological polar surface area (TPSA) is 69.6 Å². The minimum absolute atomic E-state index is 0.256. The highest BCUT2D eigenvalue weighted by atomic mass is 32.2. The number of piperidine rings is 1. The van der Waals surface area contributed by atoms with Gasteiger partial charge in [0.15, 0.2) is 11.0 Å². The molecule has 32 heavy (non-hydrogen) atoms. The third kappa shape index (κ3) is 5.34. The summed E-state index contributed by atoms with van der Waals surface area (Å²) in [4.78, 5) is 12.1. The Morgan fingerprint density at radius 1 is 0.938 bits per heavy atom. The van der Waals surface area contributed by atoms with Crippen LogP contribution in [0.2, 0.25) is 0 Å². The van der Waals surface area contributed by atoms with Gasteiger partial charge < -0.3 is 10.0 Å². The molecular formula is C20H18F6N2O3S. The summed E-state index contributed by atoms with van der Waals surface area (Å²) in [6.45, 7) is 1.05. The van der Waals surface area contributed by atoms with E-state index in [0.29, 0.717) is 31.3 Å². The number of hydrogen-bond donors (Lipinski definition) is 2. The van der Waals surface area contributed by atoms with Gasteiger partial charge in [-0.05, 0) is 55.7 Å². The van der Waals surface area contributed by atoms with E-state index in [-0.39, 0.29) is 11.4 Å². The number of carboxylic acid groups (broad SMARTS) is 1. The second-order valence-electron chi connectivity index (χ2n) is 7.16. The molecule has 0 radical (unpaired) electrons. The number of nitrogens with zero attached hydrogens (tertiary/aromatic N) is 1. The number of carboxylic acids is 1. The van der Waals surface area contributed by atoms with Crippen LogP contribution in [0.5, 0.6) is 0 Å². The molecule has 1 aliphatic heterocycles. The van der Waals surface area contributed by atoms with Crippen LogP contribution in [0.1, 0.15) is 40.7 Å². The lowest BCUT2D eigenvalue weighted by Gasteiger charge is -2.31. The van der Waals surface area contributed by atoms with E-state index in [1.165, 1.54) is 6.07 Å². The van der Waals surface area contributed by atoms with Crippen molar-refractivity contribution in [1.29, 1.82) is 0 Å². The van der Waals surface area contributed by atoms with Crippen molar-refractivity contribution >= 4 is 28.3 Å². The number of rotatable bonds is 5. The van der Waals surface area contributed by atoms with Crippen molar-refractivity contribution in [3.8, 4) is 0 Å². The summed E-state index contributed by atoms with van der Waals surface area (Å²) in [6.07, 6.45) is -7.18. The number of nitrogens with one attached hydrogen (secondary N) is 1. The number of alkyl halides is 6. The van der Waals surface area contributed by atoms with Crippen LogP contribution in [-0.2, 0) is 23.3 Å². The molecule has 1 atom stereocenters. The summed E-state index contributed by atoms with van der Waals surface area (Å²) < 4.78 is 95.0. The van der Waals surface area contributed by atoms with Gasteiger partial charge in [0.05, 0.1) is 33.0 Å². The van der Waals surface area contributed by atoms with Crippen molar-refractivity contribution in [2.45, 2.75) is 36.5 Å². The molecule has 5 nitrogen and oxygen atoms in total. The molecule has 174 valence electrons. The molecule has 0 amide bonds. The molecule has 3 rings (SSSR count). The molecule has 2 N–H and O–H groups in total. The highest BCUT2D eigenvalue weighted by Crippen LogP contribution is 2.38. The Labute approximate surface area is 181 Å². The lowest BCUT2D eigenvalue weighted by Crippen LogP contribution is -2.30. The molecule has 12 heteroatoms. The van der Waals surface area contributed by atoms with E-state index < -0.39 is 50.9 Å². The predicted molar refractivity (Wildman–Crippen MR) is 106 cm³/mol. The van der Waals surface area contributed by atoms with Gasteiger partial charge in [0.2, 0.25) is 0 Å². The molecule has 0 spiro atoms. The van der Waals surface area contributed by atoms with Gasteiger partial charge in [-0.2, -0.15) is 26.3 Å². The standard InChI is InChI=1S/C20H18F6N2O3S/c21-19(22,23)13-5-7-16(28-8-2-1-3-9-28)15(11-13)27-32(31)17-10-12(18(29)30)4-6-14(17)20(24,25)26/h4-7,10-11,27H,1-3,8-9H2,(H,29,30). The summed E-state index contributed by atoms with van der Waals surface area (Å²) >= 11 is 0. The number of anilines is 2. The van der Waals surface area contributed by atoms with Gasteiger partial charge in [-0.25, -0.2) is 9.00 Å². The van der Waals surface area contributed by atoms with Crippen LogP contribution >= 0.6 is 0 Å². The summed E-state index contributed by atoms with van der Waals surface area (Å²) in [6, 6.07) is 4.53. The zero-order valence-electron chi connectivity index (χ0n) is 16.4. The third-order valence-electron chi connectivity index (χ3n) is 4.96. The van der Waals surface area contributed by atoms with Crippen molar-refractivity contribution in [3.05, 3.63) is 53.1 Å². The largest absolute Gasteiger partial charge is 0.478 e. The fourth-order valence-corrected chi connectivity index (χ4v) is 4.49. The maximum atomic E-state index is 13.4. The Morgan fingerprint density at radius 2 is 1.59 bits per heavy atom. The average molecular weight is 480 g/mol. The second kappa shape index (κ2) is 9.00. The van der Waals surface area contributed by atoms with Gasteiger partial charge in [0, 0.05) is 13.1 Å². The van der Waals surface area contributed by atoms with Crippen LogP contribution < -0.4 is 9.62 Å². The van der Waals surface area contributed by atoms with Crippen LogP contribution in [0.15, 0.2) is 41.3 Å². The third-order valence-corrected chi connectivity index (χ3v) is 6.10. The molecule has 0 saturated carbocycles. The minimum Gasteiger partial charge on any atom is -0.478 e. The van der Waals surface area contributed by atoms with Crippen molar-refractivity contribution in [1.82, 2.24) is 0 Å². The SMILES string of the molecule is O=C(O)c1ccc(C(F)(F)F)c(S(=O)Nc2cc(C(F)(F)F)ccc2N2CCCCC2)c1. The van der Waals surface area contributed by atoms with Crippen molar-refractivity contribution < 1.29 is 40.5 Å². The smallest absolute Gasteiger partial charge is 0.417 e. The lowest BCUT2D eigenvalue weighted by molar-refractivity contribution is -0.140. The maximum Gasteiger partial charge on any atom is 0.417 e. The van der Waals surface area contributed by atoms with Crippen molar-refractivity contribution in [3.63, 3.8) is 0 Å². The first-order chi connectivity index (χ1) is 14.9. The van der Waals surface area contributed by atoms with Gasteiger partial charge in [-0.1, -0.05) is 0 Å². The average Bonchev–Trinajstić information content (AvgIpc) is 2.72. The number of benzene rings is 2. The van der Waals surface area contributed by atoms with E-state index in [1.54, 1.807) is 4.90 Å². The molecule has 2 aromatic rings. The first kappa shape index (κ1) is 23.9. The van der Waals surface area contributed by atoms with E-state index in [9.17, 15) is 35.3 Å². The highest BCUT2D eigenvalue weighted by molar-refractivity contribution is 7.86. The van der Waals surface area contributed by atoms with E-state index >= 15 is 0 Å². The van der Waals surface area contributed by atoms with E-state index in [4.69, 9.17) is 5.11 Å². The van der Waals surface area contributed by atoms with Gasteiger partial charge in [-0.3, -0.25) is 4.72 Å². The zero-order chi connectivity index (χ0) is 23.7. The second-order valence-corrected chi connectivity index (χ2v) is 8.34. The van der Waals surface area contributed by atoms with Crippen LogP contribution in [0, 0.1) is 0 Å². The molecule has 0 aliphatic carbocycles. The lowest BCUT2D eigenvalue weighted by atomic mass is 10.1. The Bertz CT molecular complexity index is 1030. The van der Waals surface area contributed by atoms with Crippen LogP contribution in [0.3, 0.4) is 0 Å². The zero-order valence-corrected chi connectivity index (χ0v) is 17.2. The molecule has 1 fully saturated rings. The van der Waals surface area contributed by atoms with E-state index in [1.807, 2.05) is 0 Å². The Balaban J connectivity index is 2.06. The van der Waals surface area contributed by atoms with Crippen LogP contribution in [0.25, 0.3) is 0 Å². The molecule has 1 aliphatic rings. The van der Waals surface area contributed by atoms with Gasteiger partial charge in [0.1, 0.15) is 0 Å². The predicted octanol–water partition coefficient (Wildman–Crippen LogP) is 5.55. The van der Waals surface area contributed by atoms with E-state index in [0.717, 1.165) is 31.4 Å². The first-order valence-corrected chi connectivity index (χ1v) is 10.6. The number of carbonyl (C=O) groups is 1. The summed E-state index contributed by atoms with van der Waals surface area (Å²) in [5, 5.41) is 9.08. The van der Waals surface area contributed by atoms with Gasteiger partial charge in [-0.15, -0.1) is 0 Å². The molecule has 2 aromatic carbocycles. The summed E-state index contributed by atoms with van der Waals surface area (Å²) in [5.41, 5.74) is -2.93. The fraction of sp³-hybridized carbons (Fsp3) is 0.350. The molecular weight excluding hydrogens is 462 g/mol. The molecule has 0 aromatic heterocycles. The Morgan fingerprint density at radius 3 is 2.16 bits per heavy atom. The first-order valence-electron chi connectivity index (χ1n) is 9.47. The maximum absolute atomic E-state index is 13.4. The van der Waals surface area contributed by atoms with Crippen LogP contribution in [0.4, 0.5) is 37.7 Å². The summed E-state index contributed by atoms with van der Waals surface area (Å²) in [5.74, 6) is -1.54. The fourth-order valence-electron chi connectivity index (χ4n) is 3.40. The van der Waals surface area contributed by atoms with Crippen LogP contribution in [-0.4, -0.2) is 28.4 Å². The Kier molecular flexibility index (Phi) is 6.72. The molecule has 1 unspecified atom stereocenters. The minimum atomic E-state index is -4.95. The number of aromatic carboxylic acids is 1. The van der Waals surface area contributed by atoms with Crippen molar-refractivity contribution in [2.24, 2.45) is 0 Å². The molecule has 0 bridgehead atoms. The van der Waals surface area contributed by atoms with Gasteiger partial charge >= 0.3 is 18.3 Å². The Hall–Kier alpha value is -2.76. The highest BCUT2D eigenvalue weighted by Gasteiger charge is 2.36. The summed E-state index contributed by atoms with van der Waals surface area (Å²) in [7, 11) is -2.70. The quantitative estimate of drug-likeness (QED) is 0.551. The van der Waals surface area contributed by atoms with Gasteiger partial charge in [0.25, 0.3) is 0 Å².